The van der Waals surface area contributed by atoms with Gasteiger partial charge < -0.3 is 10.5 Å². The predicted octanol–water partition coefficient (Wildman–Crippen LogP) is -0.192. The van der Waals surface area contributed by atoms with Gasteiger partial charge in [-0.2, -0.15) is 0 Å². The lowest BCUT2D eigenvalue weighted by molar-refractivity contribution is 0.162. The number of nitrogens with zero attached hydrogens (tertiary/aromatic N) is 1. The number of sulfonamides is 1. The van der Waals surface area contributed by atoms with Crippen LogP contribution in [-0.2, 0) is 14.8 Å². The van der Waals surface area contributed by atoms with Gasteiger partial charge >= 0.3 is 0 Å². The van der Waals surface area contributed by atoms with Gasteiger partial charge in [-0.15, -0.1) is 12.4 Å². The van der Waals surface area contributed by atoms with Crippen molar-refractivity contribution < 1.29 is 13.2 Å². The Morgan fingerprint density at radius 3 is 2.67 bits per heavy atom. The Labute approximate surface area is 97.4 Å². The van der Waals surface area contributed by atoms with E-state index in [1.165, 1.54) is 4.31 Å². The predicted molar refractivity (Wildman–Crippen MR) is 61.7 cm³/mol. The van der Waals surface area contributed by atoms with Gasteiger partial charge in [0.1, 0.15) is 0 Å². The van der Waals surface area contributed by atoms with E-state index in [2.05, 4.69) is 0 Å². The maximum absolute atomic E-state index is 11.6. The van der Waals surface area contributed by atoms with Crippen LogP contribution in [0.2, 0.25) is 0 Å². The van der Waals surface area contributed by atoms with E-state index in [1.54, 1.807) is 0 Å². The highest BCUT2D eigenvalue weighted by Crippen LogP contribution is 2.12. The number of hydrogen-bond donors (Lipinski definition) is 1. The van der Waals surface area contributed by atoms with E-state index in [1.807, 2.05) is 6.92 Å². The zero-order chi connectivity index (χ0) is 10.6. The Morgan fingerprint density at radius 2 is 2.20 bits per heavy atom. The SMILES string of the molecule is CCOCCS(=O)(=O)N1CC[C@H](N)C1.Cl. The molecule has 0 unspecified atom stereocenters. The monoisotopic (exact) mass is 258 g/mol. The van der Waals surface area contributed by atoms with Gasteiger partial charge in [0, 0.05) is 25.7 Å². The van der Waals surface area contributed by atoms with Crippen molar-refractivity contribution in [1.82, 2.24) is 4.31 Å². The van der Waals surface area contributed by atoms with Crippen molar-refractivity contribution in [3.63, 3.8) is 0 Å². The molecular weight excluding hydrogens is 240 g/mol. The zero-order valence-corrected chi connectivity index (χ0v) is 10.5. The summed E-state index contributed by atoms with van der Waals surface area (Å²) in [6, 6.07) is -0.00290. The fourth-order valence-corrected chi connectivity index (χ4v) is 2.83. The van der Waals surface area contributed by atoms with E-state index in [9.17, 15) is 8.42 Å². The molecule has 0 saturated carbocycles. The molecule has 1 heterocycles. The van der Waals surface area contributed by atoms with Crippen LogP contribution in [0.15, 0.2) is 0 Å². The molecule has 0 radical (unpaired) electrons. The van der Waals surface area contributed by atoms with E-state index in [4.69, 9.17) is 10.5 Å². The highest BCUT2D eigenvalue weighted by molar-refractivity contribution is 7.89. The van der Waals surface area contributed by atoms with Crippen molar-refractivity contribution in [1.29, 1.82) is 0 Å². The van der Waals surface area contributed by atoms with E-state index in [0.717, 1.165) is 6.42 Å². The summed E-state index contributed by atoms with van der Waals surface area (Å²) in [7, 11) is -3.14. The third-order valence-corrected chi connectivity index (χ3v) is 4.07. The molecule has 0 spiro atoms. The molecular formula is C8H19ClN2O3S. The molecule has 1 rings (SSSR count). The minimum atomic E-state index is -3.14. The second-order valence-corrected chi connectivity index (χ2v) is 5.51. The van der Waals surface area contributed by atoms with Crippen LogP contribution in [0.5, 0.6) is 0 Å². The van der Waals surface area contributed by atoms with Crippen LogP contribution in [0, 0.1) is 0 Å². The highest BCUT2D eigenvalue weighted by atomic mass is 35.5. The van der Waals surface area contributed by atoms with Gasteiger partial charge in [0.25, 0.3) is 0 Å². The first-order valence-electron chi connectivity index (χ1n) is 4.87. The molecule has 2 N–H and O–H groups in total. The van der Waals surface area contributed by atoms with Gasteiger partial charge in [0.15, 0.2) is 0 Å². The Balaban J connectivity index is 0.00000196. The van der Waals surface area contributed by atoms with E-state index >= 15 is 0 Å². The van der Waals surface area contributed by atoms with E-state index in [-0.39, 0.29) is 30.8 Å². The van der Waals surface area contributed by atoms with Crippen molar-refractivity contribution in [2.45, 2.75) is 19.4 Å². The molecule has 1 atom stereocenters. The van der Waals surface area contributed by atoms with E-state index < -0.39 is 10.0 Å². The van der Waals surface area contributed by atoms with Gasteiger partial charge in [-0.1, -0.05) is 0 Å². The fourth-order valence-electron chi connectivity index (χ4n) is 1.44. The summed E-state index contributed by atoms with van der Waals surface area (Å²) >= 11 is 0. The van der Waals surface area contributed by atoms with Crippen molar-refractivity contribution in [2.24, 2.45) is 5.73 Å². The smallest absolute Gasteiger partial charge is 0.216 e. The molecule has 92 valence electrons. The van der Waals surface area contributed by atoms with E-state index in [0.29, 0.717) is 19.7 Å². The molecule has 0 aliphatic carbocycles. The number of ether oxygens (including phenoxy) is 1. The molecule has 1 saturated heterocycles. The number of hydrogen-bond acceptors (Lipinski definition) is 4. The quantitative estimate of drug-likeness (QED) is 0.694. The average Bonchev–Trinajstić information content (AvgIpc) is 2.53. The molecule has 7 heteroatoms. The summed E-state index contributed by atoms with van der Waals surface area (Å²) in [5.74, 6) is 0.0631. The standard InChI is InChI=1S/C8H18N2O3S.ClH/c1-2-13-5-6-14(11,12)10-4-3-8(9)7-10;/h8H,2-7,9H2,1H3;1H/t8-;/m0./s1. The Bertz CT molecular complexity index is 271. The summed E-state index contributed by atoms with van der Waals surface area (Å²) in [4.78, 5) is 0. The third-order valence-electron chi connectivity index (χ3n) is 2.27. The lowest BCUT2D eigenvalue weighted by atomic mass is 10.3. The van der Waals surface area contributed by atoms with Gasteiger partial charge in [-0.25, -0.2) is 12.7 Å². The maximum Gasteiger partial charge on any atom is 0.216 e. The maximum atomic E-state index is 11.6. The molecule has 0 aromatic carbocycles. The lowest BCUT2D eigenvalue weighted by Crippen LogP contribution is -2.34. The number of halogens is 1. The minimum absolute atomic E-state index is 0. The highest BCUT2D eigenvalue weighted by Gasteiger charge is 2.28. The first-order chi connectivity index (χ1) is 6.56. The molecule has 0 aromatic heterocycles. The number of rotatable bonds is 5. The summed E-state index contributed by atoms with van der Waals surface area (Å²) in [5, 5.41) is 0. The Morgan fingerprint density at radius 1 is 1.53 bits per heavy atom. The van der Waals surface area contributed by atoms with Crippen molar-refractivity contribution in [3.8, 4) is 0 Å². The van der Waals surface area contributed by atoms with Crippen LogP contribution in [0.3, 0.4) is 0 Å². The van der Waals surface area contributed by atoms with Crippen LogP contribution in [0.4, 0.5) is 0 Å². The molecule has 5 nitrogen and oxygen atoms in total. The Hall–Kier alpha value is 0.120. The summed E-state index contributed by atoms with van der Waals surface area (Å²) in [5.41, 5.74) is 5.64. The third kappa shape index (κ3) is 4.65. The summed E-state index contributed by atoms with van der Waals surface area (Å²) in [6.45, 7) is 3.67. The molecule has 0 aromatic rings. The van der Waals surface area contributed by atoms with Crippen LogP contribution in [-0.4, -0.2) is 50.8 Å². The lowest BCUT2D eigenvalue weighted by Gasteiger charge is -2.15. The van der Waals surface area contributed by atoms with Gasteiger partial charge in [-0.3, -0.25) is 0 Å². The van der Waals surface area contributed by atoms with Crippen LogP contribution >= 0.6 is 12.4 Å². The molecule has 1 aliphatic rings. The topological polar surface area (TPSA) is 72.6 Å². The zero-order valence-electron chi connectivity index (χ0n) is 8.89. The van der Waals surface area contributed by atoms with Crippen molar-refractivity contribution in [3.05, 3.63) is 0 Å². The second kappa shape index (κ2) is 6.65. The molecule has 15 heavy (non-hydrogen) atoms. The summed E-state index contributed by atoms with van der Waals surface area (Å²) < 4.78 is 29.8. The Kier molecular flexibility index (Phi) is 6.70. The second-order valence-electron chi connectivity index (χ2n) is 3.42. The molecule has 0 bridgehead atoms. The average molecular weight is 259 g/mol. The molecule has 1 aliphatic heterocycles. The minimum Gasteiger partial charge on any atom is -0.381 e. The van der Waals surface area contributed by atoms with Gasteiger partial charge in [0.05, 0.1) is 12.4 Å². The van der Waals surface area contributed by atoms with Crippen LogP contribution in [0.1, 0.15) is 13.3 Å². The normalized spacial score (nSPS) is 22.7. The van der Waals surface area contributed by atoms with Crippen LogP contribution < -0.4 is 5.73 Å². The van der Waals surface area contributed by atoms with Gasteiger partial charge in [0.2, 0.25) is 10.0 Å². The van der Waals surface area contributed by atoms with Crippen molar-refractivity contribution in [2.75, 3.05) is 32.1 Å². The molecule has 1 fully saturated rings. The number of nitrogens with two attached hydrogens (primary N) is 1. The first kappa shape index (κ1) is 15.1. The fraction of sp³-hybridized carbons (Fsp3) is 1.00. The van der Waals surface area contributed by atoms with Gasteiger partial charge in [-0.05, 0) is 13.3 Å². The van der Waals surface area contributed by atoms with Crippen LogP contribution in [0.25, 0.3) is 0 Å². The largest absolute Gasteiger partial charge is 0.381 e. The van der Waals surface area contributed by atoms with Crippen molar-refractivity contribution >= 4 is 22.4 Å². The first-order valence-corrected chi connectivity index (χ1v) is 6.48. The molecule has 0 amide bonds. The summed E-state index contributed by atoms with van der Waals surface area (Å²) in [6.07, 6.45) is 0.758.